The molecule has 0 saturated heterocycles. The molecule has 0 saturated carbocycles. The Labute approximate surface area is 110 Å². The SMILES string of the molecule is CC(Cl)CCNC(=O)c1c(Cl)cccc1Cl. The molecule has 1 atom stereocenters. The van der Waals surface area contributed by atoms with E-state index in [1.165, 1.54) is 0 Å². The molecule has 2 nitrogen and oxygen atoms in total. The molecule has 1 aromatic rings. The zero-order chi connectivity index (χ0) is 12.1. The van der Waals surface area contributed by atoms with Crippen LogP contribution in [0.15, 0.2) is 18.2 Å². The highest BCUT2D eigenvalue weighted by Crippen LogP contribution is 2.23. The molecule has 5 heteroatoms. The third-order valence-corrected chi connectivity index (χ3v) is 2.87. The molecule has 0 bridgehead atoms. The minimum Gasteiger partial charge on any atom is -0.352 e. The minimum atomic E-state index is -0.270. The van der Waals surface area contributed by atoms with Gasteiger partial charge in [-0.2, -0.15) is 0 Å². The van der Waals surface area contributed by atoms with Crippen molar-refractivity contribution in [3.8, 4) is 0 Å². The molecule has 0 aliphatic rings. The van der Waals surface area contributed by atoms with Crippen LogP contribution in [0.5, 0.6) is 0 Å². The zero-order valence-corrected chi connectivity index (χ0v) is 11.0. The molecule has 1 amide bonds. The van der Waals surface area contributed by atoms with Crippen LogP contribution in [0.3, 0.4) is 0 Å². The Balaban J connectivity index is 2.66. The Morgan fingerprint density at radius 1 is 1.38 bits per heavy atom. The normalized spacial score (nSPS) is 12.2. The maximum atomic E-state index is 11.7. The van der Waals surface area contributed by atoms with Gasteiger partial charge in [0.05, 0.1) is 15.6 Å². The molecule has 1 N–H and O–H groups in total. The summed E-state index contributed by atoms with van der Waals surface area (Å²) in [5.74, 6) is -0.270. The van der Waals surface area contributed by atoms with Crippen molar-refractivity contribution in [3.63, 3.8) is 0 Å². The summed E-state index contributed by atoms with van der Waals surface area (Å²) in [5, 5.41) is 3.45. The third-order valence-electron chi connectivity index (χ3n) is 2.02. The maximum absolute atomic E-state index is 11.7. The molecule has 1 unspecified atom stereocenters. The van der Waals surface area contributed by atoms with Gasteiger partial charge >= 0.3 is 0 Å². The smallest absolute Gasteiger partial charge is 0.254 e. The highest BCUT2D eigenvalue weighted by Gasteiger charge is 2.13. The fraction of sp³-hybridized carbons (Fsp3) is 0.364. The second-order valence-electron chi connectivity index (χ2n) is 3.42. The summed E-state index contributed by atoms with van der Waals surface area (Å²) in [6.07, 6.45) is 0.704. The standard InChI is InChI=1S/C11H12Cl3NO/c1-7(12)5-6-15-11(16)10-8(13)3-2-4-9(10)14/h2-4,7H,5-6H2,1H3,(H,15,16). The number of hydrogen-bond donors (Lipinski definition) is 1. The lowest BCUT2D eigenvalue weighted by Crippen LogP contribution is -2.26. The van der Waals surface area contributed by atoms with Gasteiger partial charge in [0.15, 0.2) is 0 Å². The van der Waals surface area contributed by atoms with E-state index in [1.54, 1.807) is 18.2 Å². The molecule has 0 aromatic heterocycles. The molecule has 0 aliphatic heterocycles. The lowest BCUT2D eigenvalue weighted by atomic mass is 10.2. The summed E-state index contributed by atoms with van der Waals surface area (Å²) in [7, 11) is 0. The van der Waals surface area contributed by atoms with Gasteiger partial charge in [-0.25, -0.2) is 0 Å². The van der Waals surface area contributed by atoms with Crippen molar-refractivity contribution in [3.05, 3.63) is 33.8 Å². The van der Waals surface area contributed by atoms with Gasteiger partial charge < -0.3 is 5.32 Å². The van der Waals surface area contributed by atoms with Crippen LogP contribution in [0.4, 0.5) is 0 Å². The molecule has 88 valence electrons. The fourth-order valence-corrected chi connectivity index (χ4v) is 1.87. The van der Waals surface area contributed by atoms with E-state index in [2.05, 4.69) is 5.32 Å². The van der Waals surface area contributed by atoms with Crippen LogP contribution in [-0.2, 0) is 0 Å². The van der Waals surface area contributed by atoms with Crippen LogP contribution >= 0.6 is 34.8 Å². The van der Waals surface area contributed by atoms with Crippen LogP contribution in [0, 0.1) is 0 Å². The van der Waals surface area contributed by atoms with Gasteiger partial charge in [-0.3, -0.25) is 4.79 Å². The zero-order valence-electron chi connectivity index (χ0n) is 8.77. The number of benzene rings is 1. The second-order valence-corrected chi connectivity index (χ2v) is 4.98. The van der Waals surface area contributed by atoms with E-state index in [0.29, 0.717) is 28.6 Å². The number of amides is 1. The van der Waals surface area contributed by atoms with Crippen LogP contribution in [-0.4, -0.2) is 17.8 Å². The number of alkyl halides is 1. The van der Waals surface area contributed by atoms with Gasteiger partial charge in [-0.05, 0) is 25.5 Å². The van der Waals surface area contributed by atoms with Crippen molar-refractivity contribution in [2.75, 3.05) is 6.54 Å². The Morgan fingerprint density at radius 2 is 1.94 bits per heavy atom. The van der Waals surface area contributed by atoms with Crippen molar-refractivity contribution in [1.29, 1.82) is 0 Å². The number of carbonyl (C=O) groups is 1. The van der Waals surface area contributed by atoms with Gasteiger partial charge in [-0.15, -0.1) is 11.6 Å². The monoisotopic (exact) mass is 279 g/mol. The average Bonchev–Trinajstić information content (AvgIpc) is 2.16. The highest BCUT2D eigenvalue weighted by atomic mass is 35.5. The van der Waals surface area contributed by atoms with Gasteiger partial charge in [-0.1, -0.05) is 29.3 Å². The summed E-state index contributed by atoms with van der Waals surface area (Å²) in [6.45, 7) is 2.38. The van der Waals surface area contributed by atoms with E-state index >= 15 is 0 Å². The molecule has 1 aromatic carbocycles. The molecule has 1 rings (SSSR count). The quantitative estimate of drug-likeness (QED) is 0.836. The summed E-state index contributed by atoms with van der Waals surface area (Å²) in [4.78, 5) is 11.7. The first kappa shape index (κ1) is 13.6. The Morgan fingerprint density at radius 3 is 2.44 bits per heavy atom. The van der Waals surface area contributed by atoms with Crippen LogP contribution in [0.2, 0.25) is 10.0 Å². The first-order chi connectivity index (χ1) is 7.52. The second kappa shape index (κ2) is 6.33. The topological polar surface area (TPSA) is 29.1 Å². The highest BCUT2D eigenvalue weighted by molar-refractivity contribution is 6.39. The summed E-state index contributed by atoms with van der Waals surface area (Å²) in [6, 6.07) is 4.96. The van der Waals surface area contributed by atoms with Crippen molar-refractivity contribution >= 4 is 40.7 Å². The summed E-state index contributed by atoms with van der Waals surface area (Å²) in [5.41, 5.74) is 0.313. The fourth-order valence-electron chi connectivity index (χ4n) is 1.19. The molecule has 0 spiro atoms. The van der Waals surface area contributed by atoms with Gasteiger partial charge in [0.2, 0.25) is 0 Å². The van der Waals surface area contributed by atoms with E-state index in [-0.39, 0.29) is 11.3 Å². The van der Waals surface area contributed by atoms with Crippen LogP contribution in [0.25, 0.3) is 0 Å². The Bertz CT molecular complexity index is 359. The lowest BCUT2D eigenvalue weighted by molar-refractivity contribution is 0.0953. The molecule has 0 radical (unpaired) electrons. The number of hydrogen-bond acceptors (Lipinski definition) is 1. The average molecular weight is 281 g/mol. The molecule has 0 heterocycles. The molecule has 0 fully saturated rings. The van der Waals surface area contributed by atoms with Crippen molar-refractivity contribution in [2.45, 2.75) is 18.7 Å². The van der Waals surface area contributed by atoms with E-state index in [1.807, 2.05) is 6.92 Å². The number of halogens is 3. The third kappa shape index (κ3) is 3.85. The largest absolute Gasteiger partial charge is 0.352 e. The maximum Gasteiger partial charge on any atom is 0.254 e. The summed E-state index contributed by atoms with van der Waals surface area (Å²) < 4.78 is 0. The predicted molar refractivity (Wildman–Crippen MR) is 68.7 cm³/mol. The van der Waals surface area contributed by atoms with Crippen LogP contribution < -0.4 is 5.32 Å². The Hall–Kier alpha value is -0.440. The van der Waals surface area contributed by atoms with E-state index in [0.717, 1.165) is 0 Å². The summed E-state index contributed by atoms with van der Waals surface area (Å²) >= 11 is 17.6. The van der Waals surface area contributed by atoms with E-state index in [9.17, 15) is 4.79 Å². The van der Waals surface area contributed by atoms with E-state index in [4.69, 9.17) is 34.8 Å². The molecular formula is C11H12Cl3NO. The minimum absolute atomic E-state index is 0.0296. The Kier molecular flexibility index (Phi) is 5.39. The van der Waals surface area contributed by atoms with Crippen molar-refractivity contribution in [2.24, 2.45) is 0 Å². The molecule has 0 aliphatic carbocycles. The number of rotatable bonds is 4. The van der Waals surface area contributed by atoms with Crippen LogP contribution in [0.1, 0.15) is 23.7 Å². The molecular weight excluding hydrogens is 268 g/mol. The first-order valence-corrected chi connectivity index (χ1v) is 6.08. The first-order valence-electron chi connectivity index (χ1n) is 4.88. The van der Waals surface area contributed by atoms with Crippen molar-refractivity contribution < 1.29 is 4.79 Å². The van der Waals surface area contributed by atoms with E-state index < -0.39 is 0 Å². The van der Waals surface area contributed by atoms with Gasteiger partial charge in [0, 0.05) is 11.9 Å². The van der Waals surface area contributed by atoms with Gasteiger partial charge in [0.1, 0.15) is 0 Å². The van der Waals surface area contributed by atoms with Gasteiger partial charge in [0.25, 0.3) is 5.91 Å². The molecule has 16 heavy (non-hydrogen) atoms. The lowest BCUT2D eigenvalue weighted by Gasteiger charge is -2.08. The van der Waals surface area contributed by atoms with Crippen molar-refractivity contribution in [1.82, 2.24) is 5.32 Å². The number of carbonyl (C=O) groups excluding carboxylic acids is 1. The number of nitrogens with one attached hydrogen (secondary N) is 1. The predicted octanol–water partition coefficient (Wildman–Crippen LogP) is 3.74.